The number of aliphatic imine (C=N–C) groups is 1. The number of ether oxygens (including phenoxy) is 1. The molecule has 1 aromatic rings. The summed E-state index contributed by atoms with van der Waals surface area (Å²) in [4.78, 5) is 6.54. The molecule has 1 unspecified atom stereocenters. The molecular formula is C18H27F3N4O. The van der Waals surface area contributed by atoms with Crippen LogP contribution in [0.25, 0.3) is 0 Å². The van der Waals surface area contributed by atoms with E-state index in [9.17, 15) is 13.2 Å². The van der Waals surface area contributed by atoms with Gasteiger partial charge in [-0.15, -0.1) is 0 Å². The molecule has 1 atom stereocenters. The van der Waals surface area contributed by atoms with E-state index in [0.717, 1.165) is 57.1 Å². The van der Waals surface area contributed by atoms with Gasteiger partial charge in [0.25, 0.3) is 0 Å². The SMILES string of the molecule is CN=C(NCc1ccc(C(F)(F)F)cc1)NCC(C)CN1CCOCC1. The molecule has 0 aromatic heterocycles. The number of hydrogen-bond acceptors (Lipinski definition) is 3. The molecule has 1 aliphatic rings. The third-order valence-corrected chi connectivity index (χ3v) is 4.26. The lowest BCUT2D eigenvalue weighted by Gasteiger charge is -2.29. The quantitative estimate of drug-likeness (QED) is 0.595. The number of benzene rings is 1. The van der Waals surface area contributed by atoms with Crippen LogP contribution in [-0.2, 0) is 17.5 Å². The Morgan fingerprint density at radius 2 is 1.85 bits per heavy atom. The fraction of sp³-hybridized carbons (Fsp3) is 0.611. The highest BCUT2D eigenvalue weighted by Gasteiger charge is 2.29. The minimum atomic E-state index is -4.31. The summed E-state index contributed by atoms with van der Waals surface area (Å²) in [5.74, 6) is 1.08. The standard InChI is InChI=1S/C18H27F3N4O/c1-14(13-25-7-9-26-10-8-25)11-23-17(22-2)24-12-15-3-5-16(6-4-15)18(19,20)21/h3-6,14H,7-13H2,1-2H3,(H2,22,23,24). The highest BCUT2D eigenvalue weighted by Crippen LogP contribution is 2.29. The molecule has 1 saturated heterocycles. The number of hydrogen-bond donors (Lipinski definition) is 2. The largest absolute Gasteiger partial charge is 0.416 e. The van der Waals surface area contributed by atoms with Crippen molar-refractivity contribution in [1.82, 2.24) is 15.5 Å². The van der Waals surface area contributed by atoms with E-state index in [1.807, 2.05) is 0 Å². The van der Waals surface area contributed by atoms with Crippen LogP contribution in [0.1, 0.15) is 18.1 Å². The summed E-state index contributed by atoms with van der Waals surface area (Å²) in [7, 11) is 1.68. The van der Waals surface area contributed by atoms with Crippen LogP contribution in [0.5, 0.6) is 0 Å². The van der Waals surface area contributed by atoms with Gasteiger partial charge in [-0.25, -0.2) is 0 Å². The number of alkyl halides is 3. The van der Waals surface area contributed by atoms with Crippen LogP contribution in [-0.4, -0.2) is 57.3 Å². The molecule has 1 fully saturated rings. The molecule has 5 nitrogen and oxygen atoms in total. The predicted molar refractivity (Wildman–Crippen MR) is 96.1 cm³/mol. The molecule has 1 heterocycles. The van der Waals surface area contributed by atoms with Crippen molar-refractivity contribution < 1.29 is 17.9 Å². The van der Waals surface area contributed by atoms with Crippen molar-refractivity contribution in [3.8, 4) is 0 Å². The van der Waals surface area contributed by atoms with Crippen LogP contribution in [0.15, 0.2) is 29.3 Å². The number of guanidine groups is 1. The molecule has 1 aromatic carbocycles. The average Bonchev–Trinajstić information content (AvgIpc) is 2.62. The normalized spacial score (nSPS) is 17.8. The Labute approximate surface area is 152 Å². The fourth-order valence-electron chi connectivity index (χ4n) is 2.78. The summed E-state index contributed by atoms with van der Waals surface area (Å²) in [6, 6.07) is 5.14. The second-order valence-electron chi connectivity index (χ2n) is 6.52. The maximum atomic E-state index is 12.6. The Morgan fingerprint density at radius 1 is 1.19 bits per heavy atom. The van der Waals surface area contributed by atoms with Crippen LogP contribution < -0.4 is 10.6 Å². The topological polar surface area (TPSA) is 48.9 Å². The zero-order valence-electron chi connectivity index (χ0n) is 15.3. The molecular weight excluding hydrogens is 345 g/mol. The van der Waals surface area contributed by atoms with Gasteiger partial charge < -0.3 is 15.4 Å². The van der Waals surface area contributed by atoms with Gasteiger partial charge in [0.2, 0.25) is 0 Å². The molecule has 1 aliphatic heterocycles. The lowest BCUT2D eigenvalue weighted by atomic mass is 10.1. The van der Waals surface area contributed by atoms with E-state index >= 15 is 0 Å². The van der Waals surface area contributed by atoms with Crippen molar-refractivity contribution in [3.63, 3.8) is 0 Å². The first-order valence-electron chi connectivity index (χ1n) is 8.79. The Balaban J connectivity index is 1.73. The lowest BCUT2D eigenvalue weighted by Crippen LogP contribution is -2.43. The number of nitrogens with one attached hydrogen (secondary N) is 2. The number of rotatable bonds is 6. The molecule has 2 N–H and O–H groups in total. The van der Waals surface area contributed by atoms with Gasteiger partial charge in [0.05, 0.1) is 18.8 Å². The van der Waals surface area contributed by atoms with Crippen molar-refractivity contribution in [2.45, 2.75) is 19.6 Å². The number of morpholine rings is 1. The molecule has 0 bridgehead atoms. The number of halogens is 3. The molecule has 0 saturated carbocycles. The number of nitrogens with zero attached hydrogens (tertiary/aromatic N) is 2. The zero-order chi connectivity index (χ0) is 19.0. The van der Waals surface area contributed by atoms with E-state index in [1.165, 1.54) is 12.1 Å². The molecule has 0 radical (unpaired) electrons. The van der Waals surface area contributed by atoms with Crippen molar-refractivity contribution in [1.29, 1.82) is 0 Å². The Bertz CT molecular complexity index is 569. The second kappa shape index (κ2) is 9.78. The van der Waals surface area contributed by atoms with Gasteiger partial charge in [0.15, 0.2) is 5.96 Å². The third kappa shape index (κ3) is 6.84. The summed E-state index contributed by atoms with van der Waals surface area (Å²) in [6.45, 7) is 7.85. The minimum Gasteiger partial charge on any atom is -0.379 e. The molecule has 0 amide bonds. The van der Waals surface area contributed by atoms with Crippen LogP contribution in [0, 0.1) is 5.92 Å². The van der Waals surface area contributed by atoms with Gasteiger partial charge in [0.1, 0.15) is 0 Å². The zero-order valence-corrected chi connectivity index (χ0v) is 15.3. The van der Waals surface area contributed by atoms with Crippen LogP contribution >= 0.6 is 0 Å². The molecule has 0 aliphatic carbocycles. The minimum absolute atomic E-state index is 0.412. The molecule has 26 heavy (non-hydrogen) atoms. The summed E-state index contributed by atoms with van der Waals surface area (Å²) < 4.78 is 43.1. The van der Waals surface area contributed by atoms with Crippen LogP contribution in [0.2, 0.25) is 0 Å². The van der Waals surface area contributed by atoms with Gasteiger partial charge in [-0.3, -0.25) is 9.89 Å². The van der Waals surface area contributed by atoms with Crippen molar-refractivity contribution >= 4 is 5.96 Å². The smallest absolute Gasteiger partial charge is 0.379 e. The molecule has 0 spiro atoms. The first kappa shape index (κ1) is 20.5. The molecule has 2 rings (SSSR count). The van der Waals surface area contributed by atoms with Crippen molar-refractivity contribution in [3.05, 3.63) is 35.4 Å². The summed E-state index contributed by atoms with van der Waals surface area (Å²) in [5.41, 5.74) is 0.128. The van der Waals surface area contributed by atoms with Gasteiger partial charge in [-0.1, -0.05) is 19.1 Å². The Morgan fingerprint density at radius 3 is 2.42 bits per heavy atom. The van der Waals surface area contributed by atoms with Crippen molar-refractivity contribution in [2.75, 3.05) is 46.4 Å². The lowest BCUT2D eigenvalue weighted by molar-refractivity contribution is -0.137. The van der Waals surface area contributed by atoms with E-state index in [1.54, 1.807) is 7.05 Å². The van der Waals surface area contributed by atoms with E-state index in [0.29, 0.717) is 18.4 Å². The average molecular weight is 372 g/mol. The maximum absolute atomic E-state index is 12.6. The van der Waals surface area contributed by atoms with Gasteiger partial charge in [-0.05, 0) is 23.6 Å². The van der Waals surface area contributed by atoms with E-state index < -0.39 is 11.7 Å². The molecule has 146 valence electrons. The highest BCUT2D eigenvalue weighted by molar-refractivity contribution is 5.79. The van der Waals surface area contributed by atoms with Gasteiger partial charge >= 0.3 is 6.18 Å². The Kier molecular flexibility index (Phi) is 7.71. The van der Waals surface area contributed by atoms with Gasteiger partial charge in [0, 0.05) is 39.8 Å². The fourth-order valence-corrected chi connectivity index (χ4v) is 2.78. The predicted octanol–water partition coefficient (Wildman–Crippen LogP) is 2.34. The van der Waals surface area contributed by atoms with Crippen LogP contribution in [0.3, 0.4) is 0 Å². The van der Waals surface area contributed by atoms with E-state index in [2.05, 4.69) is 27.4 Å². The highest BCUT2D eigenvalue weighted by atomic mass is 19.4. The van der Waals surface area contributed by atoms with Crippen molar-refractivity contribution in [2.24, 2.45) is 10.9 Å². The molecule has 8 heteroatoms. The second-order valence-corrected chi connectivity index (χ2v) is 6.52. The first-order valence-corrected chi connectivity index (χ1v) is 8.79. The summed E-state index contributed by atoms with van der Waals surface area (Å²) in [6.07, 6.45) is -4.31. The summed E-state index contributed by atoms with van der Waals surface area (Å²) >= 11 is 0. The first-order chi connectivity index (χ1) is 12.4. The summed E-state index contributed by atoms with van der Waals surface area (Å²) in [5, 5.41) is 6.39. The maximum Gasteiger partial charge on any atom is 0.416 e. The van der Waals surface area contributed by atoms with Crippen LogP contribution in [0.4, 0.5) is 13.2 Å². The monoisotopic (exact) mass is 372 g/mol. The van der Waals surface area contributed by atoms with E-state index in [-0.39, 0.29) is 0 Å². The van der Waals surface area contributed by atoms with E-state index in [4.69, 9.17) is 4.74 Å². The third-order valence-electron chi connectivity index (χ3n) is 4.26. The van der Waals surface area contributed by atoms with Gasteiger partial charge in [-0.2, -0.15) is 13.2 Å². The Hall–Kier alpha value is -1.80.